The van der Waals surface area contributed by atoms with E-state index < -0.39 is 0 Å². The number of hydrogen-bond acceptors (Lipinski definition) is 1. The summed E-state index contributed by atoms with van der Waals surface area (Å²) in [6.07, 6.45) is 3.32. The first kappa shape index (κ1) is 18.1. The van der Waals surface area contributed by atoms with Crippen LogP contribution < -0.4 is 4.90 Å². The molecule has 0 radical (unpaired) electrons. The molecule has 24 heavy (non-hydrogen) atoms. The van der Waals surface area contributed by atoms with Gasteiger partial charge in [0.05, 0.1) is 0 Å². The van der Waals surface area contributed by atoms with Gasteiger partial charge in [-0.1, -0.05) is 44.5 Å². The number of fused-ring (bicyclic) bond motifs is 3. The summed E-state index contributed by atoms with van der Waals surface area (Å²) in [6.45, 7) is 12.8. The Kier molecular flexibility index (Phi) is 5.71. The van der Waals surface area contributed by atoms with Crippen molar-refractivity contribution in [3.63, 3.8) is 0 Å². The van der Waals surface area contributed by atoms with Crippen LogP contribution in [0.4, 0.5) is 5.69 Å². The molecule has 0 aliphatic rings. The predicted octanol–water partition coefficient (Wildman–Crippen LogP) is 6.71. The quantitative estimate of drug-likeness (QED) is 0.567. The summed E-state index contributed by atoms with van der Waals surface area (Å²) in [5, 5.41) is 2.66. The molecule has 1 aromatic heterocycles. The number of benzene rings is 2. The molecule has 1 N–H and O–H groups in total. The van der Waals surface area contributed by atoms with E-state index in [9.17, 15) is 0 Å². The van der Waals surface area contributed by atoms with Gasteiger partial charge in [0.2, 0.25) is 0 Å². The molecular weight excluding hydrogens is 292 g/mol. The van der Waals surface area contributed by atoms with Crippen LogP contribution in [0.2, 0.25) is 0 Å². The summed E-state index contributed by atoms with van der Waals surface area (Å²) in [5.41, 5.74) is 7.76. The van der Waals surface area contributed by atoms with Crippen molar-refractivity contribution in [2.24, 2.45) is 0 Å². The van der Waals surface area contributed by atoms with Crippen LogP contribution >= 0.6 is 0 Å². The molecular formula is C22H30N2. The minimum atomic E-state index is 1.08. The second-order valence-corrected chi connectivity index (χ2v) is 6.20. The lowest BCUT2D eigenvalue weighted by molar-refractivity contribution is 1.05. The Hall–Kier alpha value is -2.22. The monoisotopic (exact) mass is 322 g/mol. The zero-order valence-corrected chi connectivity index (χ0v) is 16.1. The molecule has 2 heteroatoms. The number of hydrogen-bond donors (Lipinski definition) is 1. The number of H-pyrrole nitrogens is 1. The van der Waals surface area contributed by atoms with Crippen LogP contribution in [0.25, 0.3) is 21.8 Å². The molecule has 0 unspecified atom stereocenters. The Morgan fingerprint density at radius 1 is 1.17 bits per heavy atom. The van der Waals surface area contributed by atoms with Crippen LogP contribution in [0.1, 0.15) is 45.2 Å². The van der Waals surface area contributed by atoms with Crippen molar-refractivity contribution in [1.29, 1.82) is 0 Å². The zero-order chi connectivity index (χ0) is 17.9. The Labute approximate surface area is 146 Å². The van der Waals surface area contributed by atoms with Crippen molar-refractivity contribution in [1.82, 2.24) is 4.98 Å². The maximum atomic E-state index is 3.57. The molecule has 128 valence electrons. The maximum absolute atomic E-state index is 3.57. The molecule has 0 saturated heterocycles. The lowest BCUT2D eigenvalue weighted by Gasteiger charge is -2.20. The number of aromatic nitrogens is 1. The molecule has 0 spiro atoms. The zero-order valence-electron chi connectivity index (χ0n) is 16.1. The molecule has 0 atom stereocenters. The normalized spacial score (nSPS) is 11.5. The minimum absolute atomic E-state index is 1.08. The SMILES string of the molecule is CC.CC/C(C)=C/N(C)c1cc(C)c2[nH]c3ccccc3c2c1C. The molecule has 0 saturated carbocycles. The van der Waals surface area contributed by atoms with Crippen LogP contribution in [-0.2, 0) is 0 Å². The smallest absolute Gasteiger partial charge is 0.0498 e. The van der Waals surface area contributed by atoms with E-state index in [4.69, 9.17) is 0 Å². The molecule has 2 aromatic carbocycles. The highest BCUT2D eigenvalue weighted by Gasteiger charge is 2.14. The van der Waals surface area contributed by atoms with Crippen molar-refractivity contribution < 1.29 is 0 Å². The summed E-state index contributed by atoms with van der Waals surface area (Å²) in [7, 11) is 2.14. The largest absolute Gasteiger partial charge is 0.354 e. The first-order valence-electron chi connectivity index (χ1n) is 8.93. The van der Waals surface area contributed by atoms with E-state index in [1.165, 1.54) is 44.2 Å². The van der Waals surface area contributed by atoms with Gasteiger partial charge in [-0.3, -0.25) is 0 Å². The fourth-order valence-corrected chi connectivity index (χ4v) is 3.20. The van der Waals surface area contributed by atoms with Crippen molar-refractivity contribution in [3.05, 3.63) is 53.2 Å². The van der Waals surface area contributed by atoms with Crippen LogP contribution in [0, 0.1) is 13.8 Å². The number of nitrogens with zero attached hydrogens (tertiary/aromatic N) is 1. The number of allylic oxidation sites excluding steroid dienone is 1. The second-order valence-electron chi connectivity index (χ2n) is 6.20. The van der Waals surface area contributed by atoms with Gasteiger partial charge in [0.1, 0.15) is 0 Å². The number of nitrogens with one attached hydrogen (secondary N) is 1. The maximum Gasteiger partial charge on any atom is 0.0498 e. The first-order chi connectivity index (χ1) is 11.5. The van der Waals surface area contributed by atoms with Gasteiger partial charge in [0, 0.05) is 40.7 Å². The Morgan fingerprint density at radius 3 is 2.50 bits per heavy atom. The van der Waals surface area contributed by atoms with Crippen molar-refractivity contribution in [2.45, 2.75) is 48.0 Å². The lowest BCUT2D eigenvalue weighted by atomic mass is 10.0. The van der Waals surface area contributed by atoms with Gasteiger partial charge in [-0.2, -0.15) is 0 Å². The third-order valence-electron chi connectivity index (χ3n) is 4.56. The van der Waals surface area contributed by atoms with Gasteiger partial charge in [-0.05, 0) is 50.5 Å². The molecule has 1 heterocycles. The number of aryl methyl sites for hydroxylation is 2. The number of anilines is 1. The summed E-state index contributed by atoms with van der Waals surface area (Å²) in [5.74, 6) is 0. The van der Waals surface area contributed by atoms with E-state index in [0.29, 0.717) is 0 Å². The fraction of sp³-hybridized carbons (Fsp3) is 0.364. The molecule has 2 nitrogen and oxygen atoms in total. The first-order valence-corrected chi connectivity index (χ1v) is 8.93. The van der Waals surface area contributed by atoms with Crippen LogP contribution in [0.5, 0.6) is 0 Å². The number of rotatable bonds is 3. The summed E-state index contributed by atoms with van der Waals surface area (Å²) in [6, 6.07) is 10.8. The fourth-order valence-electron chi connectivity index (χ4n) is 3.20. The van der Waals surface area contributed by atoms with Crippen LogP contribution in [0.3, 0.4) is 0 Å². The highest BCUT2D eigenvalue weighted by Crippen LogP contribution is 2.35. The minimum Gasteiger partial charge on any atom is -0.354 e. The molecule has 3 aromatic rings. The van der Waals surface area contributed by atoms with Gasteiger partial charge in [0.15, 0.2) is 0 Å². The van der Waals surface area contributed by atoms with E-state index in [0.717, 1.165) is 6.42 Å². The highest BCUT2D eigenvalue weighted by molar-refractivity contribution is 6.11. The lowest BCUT2D eigenvalue weighted by Crippen LogP contribution is -2.11. The van der Waals surface area contributed by atoms with Crippen LogP contribution in [-0.4, -0.2) is 12.0 Å². The van der Waals surface area contributed by atoms with Crippen molar-refractivity contribution in [2.75, 3.05) is 11.9 Å². The average molecular weight is 322 g/mol. The van der Waals surface area contributed by atoms with Gasteiger partial charge < -0.3 is 9.88 Å². The number of aromatic amines is 1. The van der Waals surface area contributed by atoms with E-state index in [-0.39, 0.29) is 0 Å². The van der Waals surface area contributed by atoms with Gasteiger partial charge in [0.25, 0.3) is 0 Å². The Bertz CT molecular complexity index is 868. The van der Waals surface area contributed by atoms with E-state index in [2.05, 4.69) is 81.2 Å². The third kappa shape index (κ3) is 3.19. The molecule has 0 fully saturated rings. The Morgan fingerprint density at radius 2 is 1.83 bits per heavy atom. The van der Waals surface area contributed by atoms with Gasteiger partial charge >= 0.3 is 0 Å². The van der Waals surface area contributed by atoms with E-state index in [1.54, 1.807) is 0 Å². The van der Waals surface area contributed by atoms with Gasteiger partial charge in [-0.25, -0.2) is 0 Å². The van der Waals surface area contributed by atoms with Gasteiger partial charge in [-0.15, -0.1) is 0 Å². The second kappa shape index (κ2) is 7.57. The molecule has 3 rings (SSSR count). The molecule has 0 amide bonds. The molecule has 0 aliphatic carbocycles. The summed E-state index contributed by atoms with van der Waals surface area (Å²) >= 11 is 0. The van der Waals surface area contributed by atoms with E-state index in [1.807, 2.05) is 13.8 Å². The summed E-state index contributed by atoms with van der Waals surface area (Å²) in [4.78, 5) is 5.82. The van der Waals surface area contributed by atoms with Crippen molar-refractivity contribution >= 4 is 27.5 Å². The summed E-state index contributed by atoms with van der Waals surface area (Å²) < 4.78 is 0. The average Bonchev–Trinajstić information content (AvgIpc) is 3.00. The Balaban J connectivity index is 0.00000100. The highest BCUT2D eigenvalue weighted by atomic mass is 15.1. The standard InChI is InChI=1S/C20H24N2.C2H6/c1-6-13(2)12-22(5)18-11-14(3)20-19(15(18)4)16-9-7-8-10-17(16)21-20;1-2/h7-12,21H,6H2,1-5H3;1-2H3/b13-12+;. The molecule has 0 aliphatic heterocycles. The van der Waals surface area contributed by atoms with Crippen molar-refractivity contribution in [3.8, 4) is 0 Å². The topological polar surface area (TPSA) is 19.0 Å². The predicted molar refractivity (Wildman–Crippen MR) is 109 cm³/mol. The number of para-hydroxylation sites is 1. The van der Waals surface area contributed by atoms with E-state index >= 15 is 0 Å². The third-order valence-corrected chi connectivity index (χ3v) is 4.56. The van der Waals surface area contributed by atoms with Crippen LogP contribution in [0.15, 0.2) is 42.1 Å². The molecule has 0 bridgehead atoms.